The molecule has 116 valence electrons. The van der Waals surface area contributed by atoms with Crippen molar-refractivity contribution in [2.45, 2.75) is 57.8 Å². The molecule has 0 nitrogen and oxygen atoms in total. The zero-order valence-corrected chi connectivity index (χ0v) is 11.2. The summed E-state index contributed by atoms with van der Waals surface area (Å²) in [5, 5.41) is 0. The molecule has 2 aliphatic rings. The standard InChI is InChI=1S/C14H18F6/c1-10-2-4-11(5-3-10)6-8-12(9-7-11,13(15,16)17)14(18,19)20/h6,8,10H,2-5,7,9H2,1H3. The van der Waals surface area contributed by atoms with Crippen LogP contribution in [0.3, 0.4) is 0 Å². The molecule has 0 aromatic heterocycles. The molecule has 1 saturated carbocycles. The van der Waals surface area contributed by atoms with Gasteiger partial charge >= 0.3 is 12.4 Å². The first-order valence-electron chi connectivity index (χ1n) is 6.85. The molecular weight excluding hydrogens is 282 g/mol. The van der Waals surface area contributed by atoms with Gasteiger partial charge in [-0.15, -0.1) is 0 Å². The van der Waals surface area contributed by atoms with Gasteiger partial charge in [-0.3, -0.25) is 0 Å². The SMILES string of the molecule is CC1CCC2(C=CC(C(F)(F)F)(C(F)(F)F)CC2)CC1. The van der Waals surface area contributed by atoms with E-state index in [2.05, 4.69) is 6.92 Å². The zero-order valence-electron chi connectivity index (χ0n) is 11.2. The molecule has 0 heterocycles. The van der Waals surface area contributed by atoms with Crippen LogP contribution in [0, 0.1) is 16.7 Å². The van der Waals surface area contributed by atoms with Crippen LogP contribution in [0.5, 0.6) is 0 Å². The highest BCUT2D eigenvalue weighted by atomic mass is 19.4. The lowest BCUT2D eigenvalue weighted by atomic mass is 9.61. The second kappa shape index (κ2) is 4.67. The van der Waals surface area contributed by atoms with Crippen molar-refractivity contribution in [3.8, 4) is 0 Å². The molecular formula is C14H18F6. The van der Waals surface area contributed by atoms with Crippen LogP contribution in [0.4, 0.5) is 26.3 Å². The van der Waals surface area contributed by atoms with E-state index in [4.69, 9.17) is 0 Å². The fourth-order valence-electron chi connectivity index (χ4n) is 3.32. The van der Waals surface area contributed by atoms with E-state index in [1.54, 1.807) is 0 Å². The van der Waals surface area contributed by atoms with E-state index in [9.17, 15) is 26.3 Å². The quantitative estimate of drug-likeness (QED) is 0.401. The van der Waals surface area contributed by atoms with Gasteiger partial charge < -0.3 is 0 Å². The molecule has 0 bridgehead atoms. The summed E-state index contributed by atoms with van der Waals surface area (Å²) in [5.74, 6) is 0.506. The Hall–Kier alpha value is -0.680. The molecule has 0 radical (unpaired) electrons. The second-order valence-corrected chi connectivity index (χ2v) is 6.35. The summed E-state index contributed by atoms with van der Waals surface area (Å²) in [7, 11) is 0. The number of halogens is 6. The Bertz CT molecular complexity index is 367. The lowest BCUT2D eigenvalue weighted by molar-refractivity contribution is -0.326. The molecule has 6 heteroatoms. The van der Waals surface area contributed by atoms with Crippen molar-refractivity contribution in [3.05, 3.63) is 12.2 Å². The van der Waals surface area contributed by atoms with E-state index in [0.29, 0.717) is 24.8 Å². The largest absolute Gasteiger partial charge is 0.406 e. The lowest BCUT2D eigenvalue weighted by Crippen LogP contribution is -2.51. The highest BCUT2D eigenvalue weighted by Gasteiger charge is 2.70. The van der Waals surface area contributed by atoms with E-state index in [1.165, 1.54) is 6.08 Å². The first-order chi connectivity index (χ1) is 9.02. The first-order valence-corrected chi connectivity index (χ1v) is 6.85. The Balaban J connectivity index is 2.29. The van der Waals surface area contributed by atoms with Crippen molar-refractivity contribution >= 4 is 0 Å². The molecule has 0 aromatic carbocycles. The van der Waals surface area contributed by atoms with E-state index >= 15 is 0 Å². The van der Waals surface area contributed by atoms with Gasteiger partial charge in [0.2, 0.25) is 0 Å². The molecule has 0 atom stereocenters. The van der Waals surface area contributed by atoms with E-state index in [0.717, 1.165) is 12.8 Å². The minimum atomic E-state index is -5.29. The Labute approximate surface area is 114 Å². The molecule has 0 amide bonds. The van der Waals surface area contributed by atoms with Gasteiger partial charge in [-0.05, 0) is 49.9 Å². The first kappa shape index (κ1) is 15.7. The molecule has 2 rings (SSSR count). The van der Waals surface area contributed by atoms with Gasteiger partial charge in [-0.25, -0.2) is 0 Å². The van der Waals surface area contributed by atoms with Gasteiger partial charge in [0, 0.05) is 0 Å². The maximum absolute atomic E-state index is 12.9. The Morgan fingerprint density at radius 3 is 1.65 bits per heavy atom. The summed E-state index contributed by atoms with van der Waals surface area (Å²) < 4.78 is 77.6. The number of alkyl halides is 6. The van der Waals surface area contributed by atoms with Crippen LogP contribution < -0.4 is 0 Å². The van der Waals surface area contributed by atoms with E-state index < -0.39 is 29.6 Å². The van der Waals surface area contributed by atoms with Crippen LogP contribution in [-0.2, 0) is 0 Å². The van der Waals surface area contributed by atoms with Crippen LogP contribution in [0.15, 0.2) is 12.2 Å². The van der Waals surface area contributed by atoms with Crippen molar-refractivity contribution in [2.75, 3.05) is 0 Å². The number of hydrogen-bond donors (Lipinski definition) is 0. The van der Waals surface area contributed by atoms with Crippen molar-refractivity contribution in [1.82, 2.24) is 0 Å². The van der Waals surface area contributed by atoms with Gasteiger partial charge in [0.1, 0.15) is 0 Å². The third-order valence-electron chi connectivity index (χ3n) is 5.02. The Kier molecular flexibility index (Phi) is 3.66. The summed E-state index contributed by atoms with van der Waals surface area (Å²) in [5.41, 5.74) is -4.11. The maximum Gasteiger partial charge on any atom is 0.406 e. The van der Waals surface area contributed by atoms with Crippen molar-refractivity contribution in [3.63, 3.8) is 0 Å². The van der Waals surface area contributed by atoms with Crippen LogP contribution in [0.25, 0.3) is 0 Å². The van der Waals surface area contributed by atoms with Crippen molar-refractivity contribution in [1.29, 1.82) is 0 Å². The van der Waals surface area contributed by atoms with E-state index in [1.807, 2.05) is 0 Å². The zero-order chi connectivity index (χ0) is 15.2. The van der Waals surface area contributed by atoms with Gasteiger partial charge in [0.25, 0.3) is 0 Å². The summed E-state index contributed by atoms with van der Waals surface area (Å²) in [6, 6.07) is 0. The fraction of sp³-hybridized carbons (Fsp3) is 0.857. The number of hydrogen-bond acceptors (Lipinski definition) is 0. The molecule has 0 saturated heterocycles. The predicted octanol–water partition coefficient (Wildman–Crippen LogP) is 5.64. The van der Waals surface area contributed by atoms with Gasteiger partial charge in [-0.1, -0.05) is 19.1 Å². The van der Waals surface area contributed by atoms with Gasteiger partial charge in [0.05, 0.1) is 0 Å². The molecule has 20 heavy (non-hydrogen) atoms. The van der Waals surface area contributed by atoms with Crippen LogP contribution in [0.2, 0.25) is 0 Å². The highest BCUT2D eigenvalue weighted by molar-refractivity contribution is 5.18. The summed E-state index contributed by atoms with van der Waals surface area (Å²) in [4.78, 5) is 0. The normalized spacial score (nSPS) is 34.5. The highest BCUT2D eigenvalue weighted by Crippen LogP contribution is 2.60. The monoisotopic (exact) mass is 300 g/mol. The van der Waals surface area contributed by atoms with Gasteiger partial charge in [-0.2, -0.15) is 26.3 Å². The number of allylic oxidation sites excluding steroid dienone is 2. The third-order valence-corrected chi connectivity index (χ3v) is 5.02. The second-order valence-electron chi connectivity index (χ2n) is 6.35. The lowest BCUT2D eigenvalue weighted by Gasteiger charge is -2.45. The smallest absolute Gasteiger partial charge is 0.170 e. The summed E-state index contributed by atoms with van der Waals surface area (Å²) in [6.07, 6.45) is -6.76. The average Bonchev–Trinajstić information content (AvgIpc) is 2.31. The molecule has 2 aliphatic carbocycles. The fourth-order valence-corrected chi connectivity index (χ4v) is 3.32. The predicted molar refractivity (Wildman–Crippen MR) is 63.0 cm³/mol. The summed E-state index contributed by atoms with van der Waals surface area (Å²) in [6.45, 7) is 2.06. The minimum Gasteiger partial charge on any atom is -0.170 e. The summed E-state index contributed by atoms with van der Waals surface area (Å²) >= 11 is 0. The molecule has 0 N–H and O–H groups in total. The topological polar surface area (TPSA) is 0 Å². The van der Waals surface area contributed by atoms with Crippen LogP contribution >= 0.6 is 0 Å². The number of rotatable bonds is 0. The van der Waals surface area contributed by atoms with Crippen molar-refractivity contribution in [2.24, 2.45) is 16.7 Å². The Morgan fingerprint density at radius 2 is 1.30 bits per heavy atom. The van der Waals surface area contributed by atoms with Gasteiger partial charge in [0.15, 0.2) is 5.41 Å². The Morgan fingerprint density at radius 1 is 0.800 bits per heavy atom. The van der Waals surface area contributed by atoms with Crippen molar-refractivity contribution < 1.29 is 26.3 Å². The third kappa shape index (κ3) is 2.46. The molecule has 1 fully saturated rings. The van der Waals surface area contributed by atoms with E-state index in [-0.39, 0.29) is 6.42 Å². The van der Waals surface area contributed by atoms with Crippen LogP contribution in [0.1, 0.15) is 45.4 Å². The molecule has 1 spiro atoms. The molecule has 0 aromatic rings. The minimum absolute atomic E-state index is 0.0325. The van der Waals surface area contributed by atoms with Crippen LogP contribution in [-0.4, -0.2) is 12.4 Å². The molecule has 0 unspecified atom stereocenters. The average molecular weight is 300 g/mol. The maximum atomic E-state index is 12.9. The molecule has 0 aliphatic heterocycles.